The molecular weight excluding hydrogens is 472 g/mol. The standard InChI is InChI=1S/C28H20N4O3S/c1-33-20-12-10-17(14-21(20)34-2)23-19-11-9-16-6-3-4-7-18(16)25(19)35-28-24(23)27-30-26(22-8-5-13-36-22)31-32(27)15-29-28/h3-15,23H,1-2H3/t23-/m1/s1. The van der Waals surface area contributed by atoms with Crippen LogP contribution in [0.2, 0.25) is 0 Å². The molecule has 1 aliphatic rings. The normalized spacial score (nSPS) is 14.3. The SMILES string of the molecule is COc1ccc([C@@H]2c3ccc4ccccc4c3Oc3ncn4nc(-c5cccs5)nc4c32)cc1OC. The Labute approximate surface area is 210 Å². The number of thiophene rings is 1. The summed E-state index contributed by atoms with van der Waals surface area (Å²) in [5, 5.41) is 8.87. The van der Waals surface area contributed by atoms with Crippen molar-refractivity contribution in [2.24, 2.45) is 0 Å². The minimum atomic E-state index is -0.204. The lowest BCUT2D eigenvalue weighted by Crippen LogP contribution is -2.15. The Kier molecular flexibility index (Phi) is 4.68. The van der Waals surface area contributed by atoms with E-state index < -0.39 is 0 Å². The molecule has 0 bridgehead atoms. The topological polar surface area (TPSA) is 70.8 Å². The molecule has 1 aliphatic heterocycles. The Morgan fingerprint density at radius 2 is 1.83 bits per heavy atom. The molecular formula is C28H20N4O3S. The number of nitrogens with zero attached hydrogens (tertiary/aromatic N) is 4. The summed E-state index contributed by atoms with van der Waals surface area (Å²) in [7, 11) is 3.28. The highest BCUT2D eigenvalue weighted by atomic mass is 32.1. The zero-order valence-corrected chi connectivity index (χ0v) is 20.3. The second-order valence-corrected chi connectivity index (χ2v) is 9.45. The molecule has 4 heterocycles. The fourth-order valence-electron chi connectivity index (χ4n) is 4.94. The van der Waals surface area contributed by atoms with E-state index >= 15 is 0 Å². The summed E-state index contributed by atoms with van der Waals surface area (Å²) in [6.07, 6.45) is 1.67. The molecule has 0 fully saturated rings. The van der Waals surface area contributed by atoms with Crippen molar-refractivity contribution in [2.45, 2.75) is 5.92 Å². The molecule has 0 saturated carbocycles. The summed E-state index contributed by atoms with van der Waals surface area (Å²) in [6.45, 7) is 0. The Morgan fingerprint density at radius 3 is 2.67 bits per heavy atom. The van der Waals surface area contributed by atoms with Crippen LogP contribution in [0, 0.1) is 0 Å². The van der Waals surface area contributed by atoms with Crippen molar-refractivity contribution in [3.8, 4) is 33.8 Å². The lowest BCUT2D eigenvalue weighted by atomic mass is 9.82. The van der Waals surface area contributed by atoms with Crippen molar-refractivity contribution in [1.82, 2.24) is 19.6 Å². The zero-order chi connectivity index (χ0) is 24.2. The van der Waals surface area contributed by atoms with Crippen LogP contribution < -0.4 is 14.2 Å². The van der Waals surface area contributed by atoms with Crippen LogP contribution >= 0.6 is 11.3 Å². The van der Waals surface area contributed by atoms with Crippen molar-refractivity contribution < 1.29 is 14.2 Å². The Balaban J connectivity index is 1.53. The van der Waals surface area contributed by atoms with E-state index in [-0.39, 0.29) is 5.92 Å². The molecule has 36 heavy (non-hydrogen) atoms. The molecule has 7 rings (SSSR count). The summed E-state index contributed by atoms with van der Waals surface area (Å²) in [4.78, 5) is 10.6. The van der Waals surface area contributed by atoms with Crippen molar-refractivity contribution in [3.63, 3.8) is 0 Å². The number of fused-ring (bicyclic) bond motifs is 6. The van der Waals surface area contributed by atoms with E-state index in [1.807, 2.05) is 41.8 Å². The van der Waals surface area contributed by atoms with Crippen molar-refractivity contribution in [3.05, 3.63) is 95.1 Å². The van der Waals surface area contributed by atoms with E-state index in [4.69, 9.17) is 24.3 Å². The third-order valence-corrected chi connectivity index (χ3v) is 7.44. The average molecular weight is 493 g/mol. The van der Waals surface area contributed by atoms with Crippen LogP contribution in [-0.4, -0.2) is 33.8 Å². The van der Waals surface area contributed by atoms with Crippen LogP contribution in [0.3, 0.4) is 0 Å². The number of ether oxygens (including phenoxy) is 3. The van der Waals surface area contributed by atoms with Crippen molar-refractivity contribution >= 4 is 27.8 Å². The number of methoxy groups -OCH3 is 2. The van der Waals surface area contributed by atoms with Gasteiger partial charge in [0.25, 0.3) is 0 Å². The molecule has 176 valence electrons. The molecule has 0 saturated heterocycles. The van der Waals surface area contributed by atoms with Gasteiger partial charge in [-0.2, -0.15) is 0 Å². The van der Waals surface area contributed by atoms with Crippen molar-refractivity contribution in [2.75, 3.05) is 14.2 Å². The molecule has 3 aromatic carbocycles. The van der Waals surface area contributed by atoms with Gasteiger partial charge in [-0.05, 0) is 34.5 Å². The average Bonchev–Trinajstić information content (AvgIpc) is 3.61. The smallest absolute Gasteiger partial charge is 0.228 e. The third-order valence-electron chi connectivity index (χ3n) is 6.58. The van der Waals surface area contributed by atoms with Gasteiger partial charge >= 0.3 is 0 Å². The van der Waals surface area contributed by atoms with Crippen LogP contribution in [0.25, 0.3) is 27.1 Å². The molecule has 0 unspecified atom stereocenters. The zero-order valence-electron chi connectivity index (χ0n) is 19.5. The molecule has 8 heteroatoms. The number of benzene rings is 3. The van der Waals surface area contributed by atoms with Crippen LogP contribution in [0.1, 0.15) is 22.6 Å². The summed E-state index contributed by atoms with van der Waals surface area (Å²) in [5.74, 6) is 3.11. The first kappa shape index (κ1) is 20.9. The van der Waals surface area contributed by atoms with Gasteiger partial charge in [0.2, 0.25) is 5.88 Å². The molecule has 7 nitrogen and oxygen atoms in total. The highest BCUT2D eigenvalue weighted by molar-refractivity contribution is 7.13. The number of aromatic nitrogens is 4. The molecule has 0 aliphatic carbocycles. The van der Waals surface area contributed by atoms with Crippen molar-refractivity contribution in [1.29, 1.82) is 0 Å². The van der Waals surface area contributed by atoms with Crippen LogP contribution in [0.4, 0.5) is 0 Å². The first-order chi connectivity index (χ1) is 17.7. The second kappa shape index (κ2) is 8.07. The monoisotopic (exact) mass is 492 g/mol. The molecule has 0 spiro atoms. The predicted molar refractivity (Wildman–Crippen MR) is 139 cm³/mol. The van der Waals surface area contributed by atoms with Gasteiger partial charge in [-0.1, -0.05) is 48.5 Å². The van der Waals surface area contributed by atoms with E-state index in [2.05, 4.69) is 35.3 Å². The first-order valence-corrected chi connectivity index (χ1v) is 12.3. The highest BCUT2D eigenvalue weighted by Crippen LogP contribution is 2.51. The molecule has 0 N–H and O–H groups in total. The van der Waals surface area contributed by atoms with Gasteiger partial charge in [-0.3, -0.25) is 0 Å². The third kappa shape index (κ3) is 3.08. The minimum absolute atomic E-state index is 0.204. The first-order valence-electron chi connectivity index (χ1n) is 11.5. The molecule has 0 amide bonds. The fraction of sp³-hybridized carbons (Fsp3) is 0.107. The quantitative estimate of drug-likeness (QED) is 0.287. The van der Waals surface area contributed by atoms with E-state index in [0.717, 1.165) is 38.1 Å². The minimum Gasteiger partial charge on any atom is -0.493 e. The van der Waals surface area contributed by atoms with Gasteiger partial charge in [0.15, 0.2) is 23.0 Å². The fourth-order valence-corrected chi connectivity index (χ4v) is 5.59. The van der Waals surface area contributed by atoms with Gasteiger partial charge < -0.3 is 14.2 Å². The molecule has 6 aromatic rings. The number of hydrogen-bond donors (Lipinski definition) is 0. The van der Waals surface area contributed by atoms with Crippen LogP contribution in [-0.2, 0) is 0 Å². The van der Waals surface area contributed by atoms with E-state index in [9.17, 15) is 0 Å². The van der Waals surface area contributed by atoms with Gasteiger partial charge in [0, 0.05) is 16.9 Å². The maximum Gasteiger partial charge on any atom is 0.228 e. The molecule has 3 aromatic heterocycles. The largest absolute Gasteiger partial charge is 0.493 e. The summed E-state index contributed by atoms with van der Waals surface area (Å²) in [6, 6.07) is 22.5. The van der Waals surface area contributed by atoms with Crippen LogP contribution in [0.5, 0.6) is 23.1 Å². The summed E-state index contributed by atoms with van der Waals surface area (Å²) >= 11 is 1.60. The maximum absolute atomic E-state index is 6.51. The Bertz CT molecular complexity index is 1760. The summed E-state index contributed by atoms with van der Waals surface area (Å²) < 4.78 is 19.4. The predicted octanol–water partition coefficient (Wildman–Crippen LogP) is 6.31. The lowest BCUT2D eigenvalue weighted by molar-refractivity contribution is 0.354. The Hall–Kier alpha value is -4.43. The van der Waals surface area contributed by atoms with Gasteiger partial charge in [-0.15, -0.1) is 16.4 Å². The van der Waals surface area contributed by atoms with E-state index in [1.165, 1.54) is 0 Å². The van der Waals surface area contributed by atoms with E-state index in [0.29, 0.717) is 28.9 Å². The van der Waals surface area contributed by atoms with Crippen LogP contribution in [0.15, 0.2) is 78.4 Å². The highest BCUT2D eigenvalue weighted by Gasteiger charge is 2.35. The van der Waals surface area contributed by atoms with Gasteiger partial charge in [-0.25, -0.2) is 14.5 Å². The van der Waals surface area contributed by atoms with E-state index in [1.54, 1.807) is 36.4 Å². The van der Waals surface area contributed by atoms with Gasteiger partial charge in [0.1, 0.15) is 12.1 Å². The van der Waals surface area contributed by atoms with Gasteiger partial charge in [0.05, 0.1) is 24.7 Å². The lowest BCUT2D eigenvalue weighted by Gasteiger charge is -2.29. The number of rotatable bonds is 4. The second-order valence-electron chi connectivity index (χ2n) is 8.50. The number of hydrogen-bond acceptors (Lipinski definition) is 7. The summed E-state index contributed by atoms with van der Waals surface area (Å²) in [5.41, 5.74) is 3.62. The Morgan fingerprint density at radius 1 is 0.944 bits per heavy atom. The molecule has 0 radical (unpaired) electrons. The molecule has 1 atom stereocenters. The maximum atomic E-state index is 6.51.